The molecule has 12 heteroatoms. The Labute approximate surface area is 294 Å². The largest absolute Gasteiger partial charge is 0.436 e. The molecule has 0 saturated carbocycles. The molecule has 0 spiro atoms. The fraction of sp³-hybridized carbons (Fsp3) is 0.595. The number of aryl methyl sites for hydroxylation is 1. The second-order valence-corrected chi connectivity index (χ2v) is 15.0. The Balaban J connectivity index is 0.997. The molecule has 2 bridgehead atoms. The number of rotatable bonds is 7. The first-order valence-corrected chi connectivity index (χ1v) is 18.5. The van der Waals surface area contributed by atoms with Crippen molar-refractivity contribution in [1.29, 1.82) is 0 Å². The zero-order chi connectivity index (χ0) is 34.2. The minimum atomic E-state index is -0.982. The van der Waals surface area contributed by atoms with Crippen LogP contribution in [0.4, 0.5) is 21.0 Å². The fourth-order valence-electron chi connectivity index (χ4n) is 8.81. The normalized spacial score (nSPS) is 25.6. The molecule has 49 heavy (non-hydrogen) atoms. The van der Waals surface area contributed by atoms with Crippen LogP contribution in [0.15, 0.2) is 36.4 Å². The van der Waals surface area contributed by atoms with E-state index in [1.54, 1.807) is 11.0 Å². The van der Waals surface area contributed by atoms with Crippen molar-refractivity contribution in [2.24, 2.45) is 0 Å². The Hall–Kier alpha value is -3.54. The average Bonchev–Trinajstić information content (AvgIpc) is 3.30. The van der Waals surface area contributed by atoms with Crippen LogP contribution in [-0.4, -0.2) is 119 Å². The molecule has 0 radical (unpaired) electrons. The van der Waals surface area contributed by atoms with Gasteiger partial charge in [-0.2, -0.15) is 0 Å². The standard InChI is InChI=1S/C37H50ClN7O4/c1-3-25-18-24(19-31(38)34(25)39)20-33(35(46)43-16-14-42(15-17-43)30-21-28-8-9-29(22-30)41(28)2)49-37(48)44-12-10-27(11-13-44)45-23-26-6-4-5-7-32(26)40-36(45)47/h4-7,18-19,27-30,33H,3,8-17,20-23,39H2,1-2H3,(H,40,47)/t28?,29?,30?,33-/m1/s1. The number of anilines is 2. The molecule has 11 nitrogen and oxygen atoms in total. The molecule has 5 aliphatic rings. The topological polar surface area (TPSA) is 115 Å². The van der Waals surface area contributed by atoms with Gasteiger partial charge < -0.3 is 35.4 Å². The van der Waals surface area contributed by atoms with Gasteiger partial charge in [0.05, 0.1) is 10.7 Å². The van der Waals surface area contributed by atoms with Crippen LogP contribution >= 0.6 is 11.6 Å². The van der Waals surface area contributed by atoms with Crippen molar-refractivity contribution in [3.05, 3.63) is 58.1 Å². The van der Waals surface area contributed by atoms with Gasteiger partial charge in [0, 0.05) is 82.1 Å². The van der Waals surface area contributed by atoms with Gasteiger partial charge in [0.2, 0.25) is 0 Å². The van der Waals surface area contributed by atoms with Gasteiger partial charge in [-0.15, -0.1) is 0 Å². The Morgan fingerprint density at radius 3 is 2.33 bits per heavy atom. The number of hydrogen-bond donors (Lipinski definition) is 2. The van der Waals surface area contributed by atoms with E-state index in [1.807, 2.05) is 47.1 Å². The van der Waals surface area contributed by atoms with Crippen LogP contribution in [0, 0.1) is 0 Å². The van der Waals surface area contributed by atoms with E-state index in [-0.39, 0.29) is 24.4 Å². The second-order valence-electron chi connectivity index (χ2n) is 14.6. The summed E-state index contributed by atoms with van der Waals surface area (Å²) in [7, 11) is 2.27. The number of carbonyl (C=O) groups excluding carboxylic acids is 3. The van der Waals surface area contributed by atoms with Gasteiger partial charge in [-0.1, -0.05) is 42.8 Å². The summed E-state index contributed by atoms with van der Waals surface area (Å²) in [5, 5.41) is 3.44. The highest BCUT2D eigenvalue weighted by molar-refractivity contribution is 6.33. The maximum atomic E-state index is 14.2. The molecule has 5 aliphatic heterocycles. The van der Waals surface area contributed by atoms with E-state index in [1.165, 1.54) is 25.7 Å². The summed E-state index contributed by atoms with van der Waals surface area (Å²) in [5.74, 6) is -0.166. The minimum Gasteiger partial charge on any atom is -0.436 e. The molecule has 4 saturated heterocycles. The lowest BCUT2D eigenvalue weighted by atomic mass is 9.96. The number of piperidine rings is 2. The molecule has 7 rings (SSSR count). The van der Waals surface area contributed by atoms with Gasteiger partial charge in [0.1, 0.15) is 0 Å². The average molecular weight is 692 g/mol. The molecule has 4 fully saturated rings. The maximum Gasteiger partial charge on any atom is 0.410 e. The first kappa shape index (κ1) is 33.9. The summed E-state index contributed by atoms with van der Waals surface area (Å²) >= 11 is 6.50. The van der Waals surface area contributed by atoms with Crippen LogP contribution in [0.5, 0.6) is 0 Å². The van der Waals surface area contributed by atoms with Crippen LogP contribution in [0.25, 0.3) is 0 Å². The van der Waals surface area contributed by atoms with Crippen molar-refractivity contribution in [1.82, 2.24) is 24.5 Å². The maximum absolute atomic E-state index is 14.2. The van der Waals surface area contributed by atoms with Crippen LogP contribution in [-0.2, 0) is 28.9 Å². The second kappa shape index (κ2) is 14.4. The highest BCUT2D eigenvalue weighted by atomic mass is 35.5. The Morgan fingerprint density at radius 1 is 0.939 bits per heavy atom. The number of hydrogen-bond acceptors (Lipinski definition) is 7. The third kappa shape index (κ3) is 7.07. The van der Waals surface area contributed by atoms with Crippen molar-refractivity contribution < 1.29 is 19.1 Å². The van der Waals surface area contributed by atoms with E-state index in [4.69, 9.17) is 22.1 Å². The lowest BCUT2D eigenvalue weighted by Crippen LogP contribution is -2.57. The number of fused-ring (bicyclic) bond motifs is 3. The van der Waals surface area contributed by atoms with Crippen molar-refractivity contribution in [3.8, 4) is 0 Å². The molecule has 4 amide bonds. The van der Waals surface area contributed by atoms with E-state index in [9.17, 15) is 14.4 Å². The highest BCUT2D eigenvalue weighted by Gasteiger charge is 2.42. The minimum absolute atomic E-state index is 0.00951. The van der Waals surface area contributed by atoms with E-state index < -0.39 is 12.2 Å². The molecule has 3 atom stereocenters. The Kier molecular flexibility index (Phi) is 9.95. The quantitative estimate of drug-likeness (QED) is 0.401. The molecule has 0 aromatic heterocycles. The van der Waals surface area contributed by atoms with Crippen LogP contribution in [0.1, 0.15) is 62.1 Å². The predicted molar refractivity (Wildman–Crippen MR) is 191 cm³/mol. The first-order chi connectivity index (χ1) is 23.7. The lowest BCUT2D eigenvalue weighted by Gasteiger charge is -2.45. The summed E-state index contributed by atoms with van der Waals surface area (Å²) in [6.45, 7) is 6.34. The van der Waals surface area contributed by atoms with E-state index >= 15 is 0 Å². The van der Waals surface area contributed by atoms with E-state index in [0.717, 1.165) is 35.5 Å². The summed E-state index contributed by atoms with van der Waals surface area (Å²) in [6, 6.07) is 13.4. The summed E-state index contributed by atoms with van der Waals surface area (Å²) in [5.41, 5.74) is 10.4. The van der Waals surface area contributed by atoms with Crippen molar-refractivity contribution in [3.63, 3.8) is 0 Å². The van der Waals surface area contributed by atoms with Gasteiger partial charge in [-0.25, -0.2) is 9.59 Å². The molecule has 264 valence electrons. The highest BCUT2D eigenvalue weighted by Crippen LogP contribution is 2.37. The van der Waals surface area contributed by atoms with Gasteiger partial charge in [-0.05, 0) is 80.8 Å². The first-order valence-electron chi connectivity index (χ1n) is 18.1. The zero-order valence-corrected chi connectivity index (χ0v) is 29.5. The van der Waals surface area contributed by atoms with Crippen LogP contribution in [0.2, 0.25) is 5.02 Å². The molecule has 5 heterocycles. The number of halogens is 1. The predicted octanol–water partition coefficient (Wildman–Crippen LogP) is 4.81. The molecule has 2 aromatic rings. The zero-order valence-electron chi connectivity index (χ0n) is 28.8. The summed E-state index contributed by atoms with van der Waals surface area (Å²) in [4.78, 5) is 51.3. The molecule has 3 N–H and O–H groups in total. The van der Waals surface area contributed by atoms with Gasteiger partial charge in [0.25, 0.3) is 5.91 Å². The number of piperazine rings is 1. The summed E-state index contributed by atoms with van der Waals surface area (Å²) in [6.07, 6.45) is 5.70. The fourth-order valence-corrected chi connectivity index (χ4v) is 9.07. The van der Waals surface area contributed by atoms with Gasteiger partial charge in [0.15, 0.2) is 6.10 Å². The van der Waals surface area contributed by atoms with E-state index in [0.29, 0.717) is 80.8 Å². The number of para-hydroxylation sites is 1. The lowest BCUT2D eigenvalue weighted by molar-refractivity contribution is -0.143. The number of benzene rings is 2. The molecule has 0 aliphatic carbocycles. The Bertz CT molecular complexity index is 1540. The van der Waals surface area contributed by atoms with Crippen molar-refractivity contribution in [2.45, 2.75) is 95.1 Å². The molecular weight excluding hydrogens is 642 g/mol. The third-order valence-corrected chi connectivity index (χ3v) is 12.1. The van der Waals surface area contributed by atoms with Crippen molar-refractivity contribution >= 4 is 41.0 Å². The number of carbonyl (C=O) groups is 3. The van der Waals surface area contributed by atoms with Gasteiger partial charge >= 0.3 is 12.1 Å². The number of ether oxygens (including phenoxy) is 1. The number of nitrogen functional groups attached to an aromatic ring is 1. The monoisotopic (exact) mass is 691 g/mol. The molecular formula is C37H50ClN7O4. The number of urea groups is 1. The Morgan fingerprint density at radius 2 is 1.63 bits per heavy atom. The number of likely N-dealkylation sites (tertiary alicyclic amines) is 1. The van der Waals surface area contributed by atoms with Crippen LogP contribution < -0.4 is 11.1 Å². The number of nitrogens with zero attached hydrogens (tertiary/aromatic N) is 5. The van der Waals surface area contributed by atoms with Crippen LogP contribution in [0.3, 0.4) is 0 Å². The van der Waals surface area contributed by atoms with Gasteiger partial charge in [-0.3, -0.25) is 9.69 Å². The van der Waals surface area contributed by atoms with E-state index in [2.05, 4.69) is 22.2 Å². The smallest absolute Gasteiger partial charge is 0.410 e. The van der Waals surface area contributed by atoms with Crippen molar-refractivity contribution in [2.75, 3.05) is 57.4 Å². The SMILES string of the molecule is CCc1cc(C[C@@H](OC(=O)N2CCC(N3Cc4ccccc4NC3=O)CC2)C(=O)N2CCN(C3CC4CCC(C3)N4C)CC2)cc(Cl)c1N. The molecule has 2 unspecified atom stereocenters. The third-order valence-electron chi connectivity index (χ3n) is 11.8. The number of nitrogens with two attached hydrogens (primary N) is 1. The summed E-state index contributed by atoms with van der Waals surface area (Å²) < 4.78 is 6.10. The molecule has 2 aromatic carbocycles. The number of amides is 4. The number of nitrogens with one attached hydrogen (secondary N) is 1.